The lowest BCUT2D eigenvalue weighted by Crippen LogP contribution is -2.67. The van der Waals surface area contributed by atoms with E-state index in [0.717, 1.165) is 0 Å². The highest BCUT2D eigenvalue weighted by Gasteiger charge is 2.66. The van der Waals surface area contributed by atoms with Gasteiger partial charge in [0.25, 0.3) is 5.91 Å². The topological polar surface area (TPSA) is 182 Å². The van der Waals surface area contributed by atoms with Gasteiger partial charge in [-0.05, 0) is 39.1 Å². The van der Waals surface area contributed by atoms with Crippen molar-refractivity contribution in [2.45, 2.75) is 30.6 Å². The number of nitrogens with zero attached hydrogens (tertiary/aromatic N) is 1. The molecule has 0 aliphatic heterocycles. The number of aliphatic hydroxyl groups is 4. The maximum absolute atomic E-state index is 13.7. The first-order valence-electron chi connectivity index (χ1n) is 9.97. The number of likely N-dealkylation sites (N-methyl/N-ethyl adjacent to an activating group) is 1. The Morgan fingerprint density at radius 1 is 1.16 bits per heavy atom. The molecule has 32 heavy (non-hydrogen) atoms. The van der Waals surface area contributed by atoms with Gasteiger partial charge >= 0.3 is 0 Å². The summed E-state index contributed by atoms with van der Waals surface area (Å²) in [6.07, 6.45) is -0.200. The summed E-state index contributed by atoms with van der Waals surface area (Å²) < 4.78 is 0. The second-order valence-corrected chi connectivity index (χ2v) is 8.96. The molecular formula is C22H24N2O8. The van der Waals surface area contributed by atoms with Crippen molar-refractivity contribution in [3.05, 3.63) is 46.2 Å². The van der Waals surface area contributed by atoms with Crippen LogP contribution >= 0.6 is 0 Å². The number of ketones is 2. The second-order valence-electron chi connectivity index (χ2n) is 8.96. The lowest BCUT2D eigenvalue weighted by Gasteiger charge is -2.53. The summed E-state index contributed by atoms with van der Waals surface area (Å²) in [5.41, 5.74) is -0.548. The average Bonchev–Trinajstić information content (AvgIpc) is 2.68. The van der Waals surface area contributed by atoms with Gasteiger partial charge in [0.2, 0.25) is 5.78 Å². The number of aromatic hydroxyl groups is 1. The number of rotatable bonds is 2. The fraction of sp³-hybridized carbons (Fsp3) is 0.409. The zero-order chi connectivity index (χ0) is 23.9. The van der Waals surface area contributed by atoms with Crippen molar-refractivity contribution in [2.24, 2.45) is 17.6 Å². The van der Waals surface area contributed by atoms with Crippen LogP contribution < -0.4 is 5.73 Å². The fourth-order valence-corrected chi connectivity index (χ4v) is 5.50. The quantitative estimate of drug-likeness (QED) is 0.332. The molecule has 10 nitrogen and oxygen atoms in total. The molecule has 1 fully saturated rings. The van der Waals surface area contributed by atoms with Crippen molar-refractivity contribution in [1.29, 1.82) is 0 Å². The van der Waals surface area contributed by atoms with Gasteiger partial charge in [-0.2, -0.15) is 0 Å². The van der Waals surface area contributed by atoms with Crippen LogP contribution in [0.15, 0.2) is 35.1 Å². The van der Waals surface area contributed by atoms with Crippen molar-refractivity contribution in [2.75, 3.05) is 14.1 Å². The summed E-state index contributed by atoms with van der Waals surface area (Å²) in [6.45, 7) is 1.40. The van der Waals surface area contributed by atoms with Gasteiger partial charge in [0.05, 0.1) is 17.2 Å². The highest BCUT2D eigenvalue weighted by molar-refractivity contribution is 6.24. The summed E-state index contributed by atoms with van der Waals surface area (Å²) in [6, 6.07) is 3.02. The first-order chi connectivity index (χ1) is 14.8. The van der Waals surface area contributed by atoms with Crippen LogP contribution in [0.3, 0.4) is 0 Å². The Morgan fingerprint density at radius 2 is 1.78 bits per heavy atom. The van der Waals surface area contributed by atoms with Crippen molar-refractivity contribution < 1.29 is 39.9 Å². The van der Waals surface area contributed by atoms with E-state index in [-0.39, 0.29) is 17.5 Å². The van der Waals surface area contributed by atoms with Crippen LogP contribution in [0.5, 0.6) is 5.75 Å². The Kier molecular flexibility index (Phi) is 4.57. The Bertz CT molecular complexity index is 1150. The maximum atomic E-state index is 13.7. The molecule has 10 heteroatoms. The molecule has 1 amide bonds. The number of aliphatic hydroxyl groups excluding tert-OH is 2. The van der Waals surface area contributed by atoms with Crippen LogP contribution in [0.1, 0.15) is 24.5 Å². The number of phenols is 1. The molecule has 3 aliphatic carbocycles. The van der Waals surface area contributed by atoms with E-state index in [1.165, 1.54) is 44.1 Å². The molecule has 0 bridgehead atoms. The molecule has 4 unspecified atom stereocenters. The number of primary amides is 1. The van der Waals surface area contributed by atoms with Gasteiger partial charge < -0.3 is 31.3 Å². The Balaban J connectivity index is 2.05. The molecule has 1 aromatic rings. The lowest BCUT2D eigenvalue weighted by atomic mass is 9.54. The Morgan fingerprint density at radius 3 is 2.34 bits per heavy atom. The van der Waals surface area contributed by atoms with E-state index in [2.05, 4.69) is 0 Å². The van der Waals surface area contributed by atoms with Gasteiger partial charge in [-0.1, -0.05) is 12.1 Å². The summed E-state index contributed by atoms with van der Waals surface area (Å²) in [5, 5.41) is 54.9. The summed E-state index contributed by atoms with van der Waals surface area (Å²) in [5.74, 6) is -7.90. The third-order valence-corrected chi connectivity index (χ3v) is 7.02. The Labute approximate surface area is 182 Å². The van der Waals surface area contributed by atoms with Gasteiger partial charge in [-0.3, -0.25) is 19.3 Å². The van der Waals surface area contributed by atoms with Crippen LogP contribution in [0.2, 0.25) is 0 Å². The van der Waals surface area contributed by atoms with E-state index < -0.39 is 75.0 Å². The van der Waals surface area contributed by atoms with Crippen LogP contribution in [0.25, 0.3) is 5.76 Å². The minimum Gasteiger partial charge on any atom is -0.508 e. The zero-order valence-corrected chi connectivity index (χ0v) is 17.7. The number of carbonyl (C=O) groups excluding carboxylic acids is 3. The zero-order valence-electron chi connectivity index (χ0n) is 17.7. The van der Waals surface area contributed by atoms with E-state index in [1.807, 2.05) is 0 Å². The van der Waals surface area contributed by atoms with Gasteiger partial charge in [0.15, 0.2) is 11.4 Å². The number of nitrogens with two attached hydrogens (primary N) is 1. The summed E-state index contributed by atoms with van der Waals surface area (Å²) in [7, 11) is 3.01. The number of amides is 1. The number of carbonyl (C=O) groups is 3. The van der Waals surface area contributed by atoms with E-state index in [0.29, 0.717) is 0 Å². The van der Waals surface area contributed by atoms with Gasteiger partial charge in [0, 0.05) is 17.4 Å². The Hall–Kier alpha value is -3.21. The van der Waals surface area contributed by atoms with E-state index >= 15 is 0 Å². The second kappa shape index (κ2) is 6.64. The number of phenolic OH excluding ortho intramolecular Hbond substituents is 1. The molecule has 170 valence electrons. The minimum atomic E-state index is -2.75. The average molecular weight is 444 g/mol. The van der Waals surface area contributed by atoms with Crippen molar-refractivity contribution in [1.82, 2.24) is 4.90 Å². The highest BCUT2D eigenvalue weighted by Crippen LogP contribution is 2.57. The molecule has 3 aliphatic rings. The van der Waals surface area contributed by atoms with Crippen LogP contribution in [-0.4, -0.2) is 73.6 Å². The van der Waals surface area contributed by atoms with Crippen molar-refractivity contribution in [3.63, 3.8) is 0 Å². The molecule has 1 saturated carbocycles. The molecular weight excluding hydrogens is 420 g/mol. The summed E-state index contributed by atoms with van der Waals surface area (Å²) in [4.78, 5) is 40.0. The molecule has 0 aromatic heterocycles. The smallest absolute Gasteiger partial charge is 0.255 e. The maximum Gasteiger partial charge on any atom is 0.255 e. The van der Waals surface area contributed by atoms with Crippen LogP contribution in [0.4, 0.5) is 0 Å². The van der Waals surface area contributed by atoms with Crippen LogP contribution in [-0.2, 0) is 20.0 Å². The van der Waals surface area contributed by atoms with Crippen molar-refractivity contribution >= 4 is 23.2 Å². The third kappa shape index (κ3) is 2.48. The number of Topliss-reactive ketones (excluding diaryl/α,β-unsaturated/α-hetero) is 2. The predicted octanol–water partition coefficient (Wildman–Crippen LogP) is -0.371. The SMILES string of the molecule is CN(C)[C@H]1C(=O)C(C(N)=O)=C(O)C2(O)C(=O)C3=C(O)c4c(O)cccc4C(C)(O)C3CC12. The van der Waals surface area contributed by atoms with E-state index in [4.69, 9.17) is 5.73 Å². The minimum absolute atomic E-state index is 0.170. The fourth-order valence-electron chi connectivity index (χ4n) is 5.50. The first-order valence-corrected chi connectivity index (χ1v) is 9.97. The lowest BCUT2D eigenvalue weighted by molar-refractivity contribution is -0.159. The number of fused-ring (bicyclic) bond motifs is 3. The number of hydrogen-bond donors (Lipinski definition) is 6. The molecule has 0 radical (unpaired) electrons. The van der Waals surface area contributed by atoms with Gasteiger partial charge in [0.1, 0.15) is 22.8 Å². The molecule has 4 rings (SSSR count). The first kappa shape index (κ1) is 22.0. The molecule has 7 N–H and O–H groups in total. The van der Waals surface area contributed by atoms with Gasteiger partial charge in [-0.25, -0.2) is 0 Å². The number of hydrogen-bond acceptors (Lipinski definition) is 9. The largest absolute Gasteiger partial charge is 0.508 e. The molecule has 1 aromatic carbocycles. The summed E-state index contributed by atoms with van der Waals surface area (Å²) >= 11 is 0. The van der Waals surface area contributed by atoms with E-state index in [1.54, 1.807) is 0 Å². The number of benzene rings is 1. The standard InChI is InChI=1S/C22H24N2O8/c1-21(31)8-5-4-6-11(25)12(8)16(26)13-9(21)7-10-15(24(2)3)17(27)14(20(23)30)19(29)22(10,32)18(13)28/h4-6,9-10,15,25-26,29,31-32H,7H2,1-3H3,(H2,23,30)/t9?,10?,15-,21?,22?/m1/s1. The molecule has 0 heterocycles. The molecule has 5 atom stereocenters. The van der Waals surface area contributed by atoms with Crippen LogP contribution in [0, 0.1) is 11.8 Å². The highest BCUT2D eigenvalue weighted by atomic mass is 16.3. The third-order valence-electron chi connectivity index (χ3n) is 7.02. The molecule has 0 saturated heterocycles. The molecule has 0 spiro atoms. The van der Waals surface area contributed by atoms with E-state index in [9.17, 15) is 39.9 Å². The van der Waals surface area contributed by atoms with Gasteiger partial charge in [-0.15, -0.1) is 0 Å². The normalized spacial score (nSPS) is 34.4. The van der Waals surface area contributed by atoms with Crippen molar-refractivity contribution in [3.8, 4) is 5.75 Å². The predicted molar refractivity (Wildman–Crippen MR) is 110 cm³/mol. The monoisotopic (exact) mass is 444 g/mol.